The second kappa shape index (κ2) is 8.45. The zero-order valence-corrected chi connectivity index (χ0v) is 16.5. The number of benzene rings is 2. The summed E-state index contributed by atoms with van der Waals surface area (Å²) in [6.07, 6.45) is -8.83. The molecule has 0 radical (unpaired) electrons. The van der Waals surface area contributed by atoms with Crippen LogP contribution in [0.1, 0.15) is 39.9 Å². The summed E-state index contributed by atoms with van der Waals surface area (Å²) in [7, 11) is 0. The predicted molar refractivity (Wildman–Crippen MR) is 104 cm³/mol. The van der Waals surface area contributed by atoms with Crippen molar-refractivity contribution >= 4 is 17.5 Å². The molecule has 0 aliphatic carbocycles. The number of hydrogen-bond donors (Lipinski definition) is 3. The monoisotopic (exact) mass is 459 g/mol. The number of amides is 2. The average molecular weight is 459 g/mol. The van der Waals surface area contributed by atoms with E-state index in [1.807, 2.05) is 0 Å². The highest BCUT2D eigenvalue weighted by Gasteiger charge is 2.42. The summed E-state index contributed by atoms with van der Waals surface area (Å²) in [5, 5.41) is 5.12. The molecule has 0 saturated carbocycles. The quantitative estimate of drug-likeness (QED) is 0.603. The van der Waals surface area contributed by atoms with Crippen LogP contribution in [0.15, 0.2) is 42.5 Å². The van der Waals surface area contributed by atoms with Crippen LogP contribution >= 0.6 is 0 Å². The summed E-state index contributed by atoms with van der Waals surface area (Å²) in [5.74, 6) is -1.90. The number of alkyl halides is 6. The van der Waals surface area contributed by atoms with E-state index in [2.05, 4.69) is 10.6 Å². The van der Waals surface area contributed by atoms with E-state index in [9.17, 15) is 35.9 Å². The summed E-state index contributed by atoms with van der Waals surface area (Å²) in [6, 6.07) is 6.18. The number of hydrogen-bond acceptors (Lipinski definition) is 3. The highest BCUT2D eigenvalue weighted by molar-refractivity contribution is 6.05. The van der Waals surface area contributed by atoms with Gasteiger partial charge in [0, 0.05) is 17.8 Å². The van der Waals surface area contributed by atoms with Crippen molar-refractivity contribution in [1.82, 2.24) is 5.32 Å². The lowest BCUT2D eigenvalue weighted by molar-refractivity contribution is -0.138. The fourth-order valence-electron chi connectivity index (χ4n) is 3.68. The van der Waals surface area contributed by atoms with Gasteiger partial charge in [0.05, 0.1) is 16.5 Å². The molecule has 32 heavy (non-hydrogen) atoms. The summed E-state index contributed by atoms with van der Waals surface area (Å²) in [5.41, 5.74) is 1.10. The molecule has 0 bridgehead atoms. The van der Waals surface area contributed by atoms with E-state index in [1.54, 1.807) is 0 Å². The van der Waals surface area contributed by atoms with Crippen LogP contribution in [0, 0.1) is 0 Å². The fraction of sp³-hybridized carbons (Fsp3) is 0.333. The molecule has 1 saturated heterocycles. The van der Waals surface area contributed by atoms with Crippen molar-refractivity contribution in [3.8, 4) is 0 Å². The number of anilines is 1. The molecule has 2 amide bonds. The first-order valence-corrected chi connectivity index (χ1v) is 9.55. The van der Waals surface area contributed by atoms with E-state index in [4.69, 9.17) is 5.73 Å². The van der Waals surface area contributed by atoms with Crippen molar-refractivity contribution in [3.05, 3.63) is 64.7 Å². The molecule has 1 unspecified atom stereocenters. The molecule has 11 heteroatoms. The van der Waals surface area contributed by atoms with Gasteiger partial charge in [-0.3, -0.25) is 9.59 Å². The molecular weight excluding hydrogens is 440 g/mol. The van der Waals surface area contributed by atoms with Gasteiger partial charge >= 0.3 is 12.4 Å². The van der Waals surface area contributed by atoms with Gasteiger partial charge in [0.2, 0.25) is 5.91 Å². The lowest BCUT2D eigenvalue weighted by atomic mass is 9.73. The first-order valence-electron chi connectivity index (χ1n) is 9.55. The Morgan fingerprint density at radius 3 is 2.22 bits per heavy atom. The smallest absolute Gasteiger partial charge is 0.369 e. The molecule has 4 N–H and O–H groups in total. The minimum absolute atomic E-state index is 0.00166. The van der Waals surface area contributed by atoms with Crippen LogP contribution in [0.4, 0.5) is 32.0 Å². The molecule has 3 rings (SSSR count). The van der Waals surface area contributed by atoms with Crippen LogP contribution in [0.3, 0.4) is 0 Å². The van der Waals surface area contributed by atoms with Gasteiger partial charge in [0.25, 0.3) is 5.91 Å². The first kappa shape index (κ1) is 23.6. The molecule has 2 aromatic carbocycles. The maximum absolute atomic E-state index is 13.5. The van der Waals surface area contributed by atoms with E-state index >= 15 is 0 Å². The average Bonchev–Trinajstić information content (AvgIpc) is 2.72. The van der Waals surface area contributed by atoms with E-state index in [0.717, 1.165) is 24.3 Å². The second-order valence-corrected chi connectivity index (χ2v) is 7.56. The van der Waals surface area contributed by atoms with E-state index in [-0.39, 0.29) is 24.2 Å². The van der Waals surface area contributed by atoms with Gasteiger partial charge in [0.15, 0.2) is 0 Å². The third-order valence-electron chi connectivity index (χ3n) is 5.38. The number of nitrogens with two attached hydrogens (primary N) is 1. The number of nitrogens with one attached hydrogen (secondary N) is 2. The molecule has 2 aromatic rings. The normalized spacial score (nSPS) is 19.4. The molecule has 5 nitrogen and oxygen atoms in total. The van der Waals surface area contributed by atoms with Gasteiger partial charge in [-0.15, -0.1) is 0 Å². The van der Waals surface area contributed by atoms with Gasteiger partial charge in [-0.05, 0) is 61.3 Å². The molecule has 172 valence electrons. The standard InChI is InChI=1S/C21H19F6N3O2/c22-20(23,24)13-3-1-4-16(10-13)30-17(31)12-7-14(9-15(8-12)21(25,26)27)19(18(28)32)5-2-6-29-11-19/h1,3-4,7-10,29H,2,5-6,11H2,(H2,28,32)(H,30,31). The third kappa shape index (κ3) is 4.87. The van der Waals surface area contributed by atoms with E-state index in [0.29, 0.717) is 25.1 Å². The highest BCUT2D eigenvalue weighted by atomic mass is 19.4. The number of primary amides is 1. The van der Waals surface area contributed by atoms with Crippen molar-refractivity contribution in [2.45, 2.75) is 30.6 Å². The van der Waals surface area contributed by atoms with Crippen LogP contribution in [0.2, 0.25) is 0 Å². The maximum atomic E-state index is 13.5. The minimum atomic E-state index is -4.83. The Hall–Kier alpha value is -3.08. The fourth-order valence-corrected chi connectivity index (χ4v) is 3.68. The molecule has 1 heterocycles. The summed E-state index contributed by atoms with van der Waals surface area (Å²) in [6.45, 7) is 0.551. The lowest BCUT2D eigenvalue weighted by Gasteiger charge is -2.35. The van der Waals surface area contributed by atoms with Crippen molar-refractivity contribution in [2.75, 3.05) is 18.4 Å². The minimum Gasteiger partial charge on any atom is -0.369 e. The Bertz CT molecular complexity index is 1030. The van der Waals surface area contributed by atoms with Gasteiger partial charge in [-0.25, -0.2) is 0 Å². The summed E-state index contributed by atoms with van der Waals surface area (Å²) >= 11 is 0. The topological polar surface area (TPSA) is 84.2 Å². The number of carbonyl (C=O) groups is 2. The third-order valence-corrected chi connectivity index (χ3v) is 5.38. The van der Waals surface area contributed by atoms with Crippen LogP contribution in [0.5, 0.6) is 0 Å². The Morgan fingerprint density at radius 2 is 1.66 bits per heavy atom. The zero-order valence-electron chi connectivity index (χ0n) is 16.5. The van der Waals surface area contributed by atoms with Crippen LogP contribution in [0.25, 0.3) is 0 Å². The number of halogens is 6. The van der Waals surface area contributed by atoms with Gasteiger partial charge in [-0.2, -0.15) is 26.3 Å². The Morgan fingerprint density at radius 1 is 0.969 bits per heavy atom. The second-order valence-electron chi connectivity index (χ2n) is 7.56. The Kier molecular flexibility index (Phi) is 6.23. The summed E-state index contributed by atoms with van der Waals surface area (Å²) < 4.78 is 79.3. The number of carbonyl (C=O) groups excluding carboxylic acids is 2. The molecule has 0 aromatic heterocycles. The molecule has 1 atom stereocenters. The molecule has 0 spiro atoms. The zero-order chi connectivity index (χ0) is 23.7. The van der Waals surface area contributed by atoms with Crippen LogP contribution in [-0.4, -0.2) is 24.9 Å². The molecule has 1 fully saturated rings. The Labute approximate surface area is 179 Å². The first-order chi connectivity index (χ1) is 14.8. The predicted octanol–water partition coefficient (Wildman–Crippen LogP) is 4.08. The molecule has 1 aliphatic rings. The van der Waals surface area contributed by atoms with Crippen molar-refractivity contribution in [3.63, 3.8) is 0 Å². The largest absolute Gasteiger partial charge is 0.416 e. The van der Waals surface area contributed by atoms with E-state index < -0.39 is 46.3 Å². The van der Waals surface area contributed by atoms with Crippen molar-refractivity contribution in [1.29, 1.82) is 0 Å². The maximum Gasteiger partial charge on any atom is 0.416 e. The highest BCUT2D eigenvalue weighted by Crippen LogP contribution is 2.37. The van der Waals surface area contributed by atoms with Crippen LogP contribution < -0.4 is 16.4 Å². The van der Waals surface area contributed by atoms with Gasteiger partial charge in [0.1, 0.15) is 0 Å². The number of rotatable bonds is 4. The van der Waals surface area contributed by atoms with Crippen molar-refractivity contribution < 1.29 is 35.9 Å². The van der Waals surface area contributed by atoms with Crippen LogP contribution in [-0.2, 0) is 22.6 Å². The molecular formula is C21H19F6N3O2. The lowest BCUT2D eigenvalue weighted by Crippen LogP contribution is -2.52. The van der Waals surface area contributed by atoms with Gasteiger partial charge < -0.3 is 16.4 Å². The van der Waals surface area contributed by atoms with E-state index in [1.165, 1.54) is 6.07 Å². The summed E-state index contributed by atoms with van der Waals surface area (Å²) in [4.78, 5) is 24.9. The SMILES string of the molecule is NC(=O)C1(c2cc(C(=O)Nc3cccc(C(F)(F)F)c3)cc(C(F)(F)F)c2)CCCNC1. The number of piperidine rings is 1. The van der Waals surface area contributed by atoms with Crippen molar-refractivity contribution in [2.24, 2.45) is 5.73 Å². The van der Waals surface area contributed by atoms with Gasteiger partial charge in [-0.1, -0.05) is 6.07 Å². The molecule has 1 aliphatic heterocycles. The Balaban J connectivity index is 2.03.